The van der Waals surface area contributed by atoms with Gasteiger partial charge < -0.3 is 21.5 Å². The number of hydrogen-bond donors (Lipinski definition) is 0. The molecule has 13 rings (SSSR count). The Balaban J connectivity index is 0.000000154. The Bertz CT molecular complexity index is 3710. The molecule has 0 aromatic heterocycles. The van der Waals surface area contributed by atoms with E-state index in [1.54, 1.807) is 0 Å². The van der Waals surface area contributed by atoms with Gasteiger partial charge in [0.2, 0.25) is 0 Å². The van der Waals surface area contributed by atoms with E-state index in [2.05, 4.69) is 249 Å². The first kappa shape index (κ1) is 63.2. The summed E-state index contributed by atoms with van der Waals surface area (Å²) in [6, 6.07) is 67.2. The summed E-state index contributed by atoms with van der Waals surface area (Å²) in [6.45, 7) is 14.5. The molecule has 1 aliphatic carbocycles. The number of ether oxygens (including phenoxy) is 1. The molecule has 0 unspecified atom stereocenters. The van der Waals surface area contributed by atoms with Crippen molar-refractivity contribution in [3.05, 3.63) is 246 Å². The summed E-state index contributed by atoms with van der Waals surface area (Å²) >= 11 is 17.3. The zero-order valence-electron chi connectivity index (χ0n) is 45.9. The smallest absolute Gasteiger partial charge is 0.399 e. The number of rotatable bonds is 6. The molecule has 1 aliphatic heterocycles. The second kappa shape index (κ2) is 28.3. The molecule has 0 amide bonds. The molecular formula is C69H63BBr5O4Pd-. The topological polar surface area (TPSA) is 44.8 Å². The molecule has 2 aliphatic rings. The van der Waals surface area contributed by atoms with Gasteiger partial charge in [-0.2, -0.15) is 0 Å². The van der Waals surface area contributed by atoms with Gasteiger partial charge in [-0.05, 0) is 171 Å². The number of ketones is 1. The molecule has 412 valence electrons. The van der Waals surface area contributed by atoms with Crippen molar-refractivity contribution in [1.29, 1.82) is 0 Å². The summed E-state index contributed by atoms with van der Waals surface area (Å²) in [5.41, 5.74) is 6.95. The number of carbonyl (C=O) groups is 1. The molecule has 4 nitrogen and oxygen atoms in total. The Hall–Kier alpha value is -4.34. The quantitative estimate of drug-likeness (QED) is 0.0547. The van der Waals surface area contributed by atoms with E-state index in [0.29, 0.717) is 0 Å². The molecule has 11 aromatic carbocycles. The first-order chi connectivity index (χ1) is 37.5. The number of halogens is 5. The van der Waals surface area contributed by atoms with Crippen LogP contribution in [0.5, 0.6) is 0 Å². The van der Waals surface area contributed by atoms with E-state index < -0.39 is 0 Å². The summed E-state index contributed by atoms with van der Waals surface area (Å²) in [7, 11) is -0.338. The van der Waals surface area contributed by atoms with Gasteiger partial charge >= 0.3 is 7.12 Å². The van der Waals surface area contributed by atoms with Crippen LogP contribution in [0.25, 0.3) is 65.0 Å². The summed E-state index contributed by atoms with van der Waals surface area (Å²) in [4.78, 5) is 12.1. The molecule has 11 aromatic rings. The van der Waals surface area contributed by atoms with Crippen LogP contribution in [-0.4, -0.2) is 37.3 Å². The molecule has 0 atom stereocenters. The van der Waals surface area contributed by atoms with E-state index >= 15 is 0 Å². The Morgan fingerprint density at radius 2 is 0.863 bits per heavy atom. The minimum atomic E-state index is -0.338. The van der Waals surface area contributed by atoms with E-state index in [4.69, 9.17) is 14.0 Å². The largest absolute Gasteiger partial charge is 0.495 e. The van der Waals surface area contributed by atoms with Crippen molar-refractivity contribution in [2.75, 3.05) is 13.2 Å². The van der Waals surface area contributed by atoms with Crippen LogP contribution in [0.15, 0.2) is 216 Å². The first-order valence-electron chi connectivity index (χ1n) is 26.3. The standard InChI is InChI=1S/C22H21BO2.C20H12Br2.C14H10O.C6H3Br3.C6H14O.CH3.Pd/c1-21(2)22(3,4)25-23(24-21)18-13-11-16-9-8-14-6-5-7-15-10-12-17(18)20(16)19(14)15;21-16-10-15(11-17(22)12-16)20-18-7-3-1-5-13(18)9-14-6-2-4-8-19(14)20;15-14-12-7-3-1-5-10(12)9-11-6-2-4-8-13(11)14;7-4-1-5(8)3-6(9)2-4;1-3-5-7-6-4-2;;/h5-13H,1-4H3;1-12H;1-8H,9H2;1-3H;3-6H2,1-2H3;1H3;/q;;;;;-1;. The second-order valence-corrected chi connectivity index (χ2v) is 25.0. The molecular weight excluding hydrogens is 1410 g/mol. The Labute approximate surface area is 528 Å². The SMILES string of the molecule is Brc1cc(Br)cc(-c2c3ccccc3cc3ccccc23)c1.Brc1cc(Br)cc(Br)c1.CC1(C)OB(c2ccc3ccc4cccc5ccc2c3c45)OC1(C)C.CCCOCCC.O=C1c2ccccc2Cc2ccccc21.[CH3-].[Pd]. The fraction of sp³-hybridized carbons (Fsp3) is 0.188. The molecule has 80 heavy (non-hydrogen) atoms. The van der Waals surface area contributed by atoms with E-state index in [9.17, 15) is 4.79 Å². The van der Waals surface area contributed by atoms with Crippen molar-refractivity contribution >= 4 is 152 Å². The molecule has 1 heterocycles. The molecule has 0 saturated carbocycles. The molecule has 1 saturated heterocycles. The van der Waals surface area contributed by atoms with Gasteiger partial charge in [0.15, 0.2) is 5.78 Å². The van der Waals surface area contributed by atoms with E-state index in [1.807, 2.05) is 66.7 Å². The van der Waals surface area contributed by atoms with Crippen LogP contribution >= 0.6 is 79.6 Å². The molecule has 0 radical (unpaired) electrons. The van der Waals surface area contributed by atoms with Gasteiger partial charge in [0.05, 0.1) is 11.2 Å². The predicted octanol–water partition coefficient (Wildman–Crippen LogP) is 21.1. The zero-order chi connectivity index (χ0) is 55.1. The van der Waals surface area contributed by atoms with Crippen LogP contribution in [0.2, 0.25) is 0 Å². The van der Waals surface area contributed by atoms with E-state index in [-0.39, 0.29) is 52.0 Å². The Kier molecular flexibility index (Phi) is 22.4. The maximum absolute atomic E-state index is 12.1. The average molecular weight is 1470 g/mol. The number of fused-ring (bicyclic) bond motifs is 4. The molecule has 0 bridgehead atoms. The van der Waals surface area contributed by atoms with Crippen LogP contribution in [0.3, 0.4) is 0 Å². The summed E-state index contributed by atoms with van der Waals surface area (Å²) in [5.74, 6) is 0.160. The third-order valence-corrected chi connectivity index (χ3v) is 16.7. The Morgan fingerprint density at radius 3 is 1.35 bits per heavy atom. The van der Waals surface area contributed by atoms with Crippen molar-refractivity contribution in [3.8, 4) is 11.1 Å². The van der Waals surface area contributed by atoms with Gasteiger partial charge in [0.1, 0.15) is 0 Å². The van der Waals surface area contributed by atoms with Crippen LogP contribution < -0.4 is 5.46 Å². The molecule has 11 heteroatoms. The van der Waals surface area contributed by atoms with Crippen molar-refractivity contribution in [3.63, 3.8) is 0 Å². The maximum atomic E-state index is 12.1. The van der Waals surface area contributed by atoms with Crippen LogP contribution in [0.1, 0.15) is 81.4 Å². The maximum Gasteiger partial charge on any atom is 0.495 e. The number of benzene rings is 11. The van der Waals surface area contributed by atoms with Gasteiger partial charge in [-0.15, -0.1) is 0 Å². The minimum absolute atomic E-state index is 0. The van der Waals surface area contributed by atoms with Crippen molar-refractivity contribution < 1.29 is 39.3 Å². The van der Waals surface area contributed by atoms with Crippen molar-refractivity contribution in [2.45, 2.75) is 72.0 Å². The summed E-state index contributed by atoms with van der Waals surface area (Å²) < 4.78 is 23.1. The Morgan fingerprint density at radius 1 is 0.463 bits per heavy atom. The third-order valence-electron chi connectivity index (χ3n) is 14.4. The normalized spacial score (nSPS) is 13.5. The third kappa shape index (κ3) is 14.5. The predicted molar refractivity (Wildman–Crippen MR) is 355 cm³/mol. The number of hydrogen-bond acceptors (Lipinski definition) is 4. The zero-order valence-corrected chi connectivity index (χ0v) is 55.4. The summed E-state index contributed by atoms with van der Waals surface area (Å²) in [5, 5.41) is 12.8. The van der Waals surface area contributed by atoms with Crippen LogP contribution in [-0.2, 0) is 40.9 Å². The fourth-order valence-electron chi connectivity index (χ4n) is 10.0. The average Bonchev–Trinajstić information content (AvgIpc) is 3.69. The van der Waals surface area contributed by atoms with Crippen molar-refractivity contribution in [1.82, 2.24) is 0 Å². The molecule has 0 spiro atoms. The fourth-order valence-corrected chi connectivity index (χ4v) is 13.7. The van der Waals surface area contributed by atoms with Crippen molar-refractivity contribution in [2.24, 2.45) is 0 Å². The monoisotopic (exact) mass is 1470 g/mol. The van der Waals surface area contributed by atoms with Gasteiger partial charge in [-0.3, -0.25) is 4.79 Å². The van der Waals surface area contributed by atoms with Crippen LogP contribution in [0, 0.1) is 7.43 Å². The van der Waals surface area contributed by atoms with Crippen LogP contribution in [0.4, 0.5) is 0 Å². The summed E-state index contributed by atoms with van der Waals surface area (Å²) in [6.07, 6.45) is 3.15. The van der Waals surface area contributed by atoms with Gasteiger partial charge in [-0.1, -0.05) is 245 Å². The van der Waals surface area contributed by atoms with Gasteiger partial charge in [0, 0.05) is 67.1 Å². The minimum Gasteiger partial charge on any atom is -0.399 e. The molecule has 1 fully saturated rings. The molecule has 0 N–H and O–H groups in total. The van der Waals surface area contributed by atoms with E-state index in [1.165, 1.54) is 65.0 Å². The first-order valence-corrected chi connectivity index (χ1v) is 30.3. The van der Waals surface area contributed by atoms with Gasteiger partial charge in [0.25, 0.3) is 0 Å². The second-order valence-electron chi connectivity index (χ2n) is 20.5. The van der Waals surface area contributed by atoms with Gasteiger partial charge in [-0.25, -0.2) is 0 Å². The van der Waals surface area contributed by atoms with E-state index in [0.717, 1.165) is 82.6 Å². The number of carbonyl (C=O) groups excluding carboxylic acids is 1.